The number of benzene rings is 1. The molecule has 0 aliphatic heterocycles. The van der Waals surface area contributed by atoms with Crippen LogP contribution in [0.1, 0.15) is 38.5 Å². The predicted octanol–water partition coefficient (Wildman–Crippen LogP) is 3.49. The molecule has 11 heteroatoms. The third-order valence-electron chi connectivity index (χ3n) is 4.29. The molecule has 1 aliphatic carbocycles. The maximum Gasteiger partial charge on any atom is 0.573 e. The van der Waals surface area contributed by atoms with Gasteiger partial charge in [0.05, 0.1) is 5.69 Å². The van der Waals surface area contributed by atoms with Crippen LogP contribution in [0, 0.1) is 0 Å². The minimum absolute atomic E-state index is 0.00655. The molecule has 7 nitrogen and oxygen atoms in total. The van der Waals surface area contributed by atoms with Gasteiger partial charge in [-0.25, -0.2) is 0 Å². The van der Waals surface area contributed by atoms with Crippen molar-refractivity contribution in [3.05, 3.63) is 24.3 Å². The first-order valence-electron chi connectivity index (χ1n) is 8.97. The Bertz CT molecular complexity index is 776. The molecule has 1 saturated carbocycles. The number of carbonyl (C=O) groups is 1. The molecule has 1 heterocycles. The maximum absolute atomic E-state index is 12.2. The maximum atomic E-state index is 12.2. The van der Waals surface area contributed by atoms with Gasteiger partial charge in [0.15, 0.2) is 0 Å². The monoisotopic (exact) mass is 415 g/mol. The summed E-state index contributed by atoms with van der Waals surface area (Å²) >= 11 is 1.31. The fourth-order valence-electron chi connectivity index (χ4n) is 3.00. The molecule has 28 heavy (non-hydrogen) atoms. The number of alkyl halides is 3. The van der Waals surface area contributed by atoms with Crippen molar-refractivity contribution >= 4 is 17.7 Å². The van der Waals surface area contributed by atoms with E-state index in [1.165, 1.54) is 47.1 Å². The first-order chi connectivity index (χ1) is 13.4. The average Bonchev–Trinajstić information content (AvgIpc) is 3.10. The summed E-state index contributed by atoms with van der Waals surface area (Å²) in [5.74, 6) is 0.179. The highest BCUT2D eigenvalue weighted by Crippen LogP contribution is 2.25. The zero-order valence-corrected chi connectivity index (χ0v) is 15.8. The molecule has 1 aliphatic rings. The van der Waals surface area contributed by atoms with E-state index in [1.54, 1.807) is 0 Å². The molecule has 152 valence electrons. The largest absolute Gasteiger partial charge is 0.573 e. The van der Waals surface area contributed by atoms with Gasteiger partial charge in [-0.1, -0.05) is 31.0 Å². The van der Waals surface area contributed by atoms with Gasteiger partial charge in [-0.15, -0.1) is 18.3 Å². The quantitative estimate of drug-likeness (QED) is 0.697. The second-order valence-corrected chi connectivity index (χ2v) is 7.48. The molecule has 0 bridgehead atoms. The molecule has 1 aromatic carbocycles. The van der Waals surface area contributed by atoms with Crippen LogP contribution in [0.4, 0.5) is 13.2 Å². The number of tetrazole rings is 1. The van der Waals surface area contributed by atoms with Gasteiger partial charge < -0.3 is 10.1 Å². The fourth-order valence-corrected chi connectivity index (χ4v) is 3.83. The lowest BCUT2D eigenvalue weighted by molar-refractivity contribution is -0.274. The van der Waals surface area contributed by atoms with Crippen molar-refractivity contribution in [2.75, 3.05) is 5.75 Å². The van der Waals surface area contributed by atoms with E-state index in [2.05, 4.69) is 25.6 Å². The third-order valence-corrected chi connectivity index (χ3v) is 5.21. The third kappa shape index (κ3) is 6.11. The molecule has 3 rings (SSSR count). The molecule has 0 unspecified atom stereocenters. The summed E-state index contributed by atoms with van der Waals surface area (Å²) in [5.41, 5.74) is 0.494. The van der Waals surface area contributed by atoms with E-state index in [-0.39, 0.29) is 17.7 Å². The number of aromatic nitrogens is 4. The highest BCUT2D eigenvalue weighted by atomic mass is 32.2. The second kappa shape index (κ2) is 9.26. The molecule has 0 spiro atoms. The molecule has 0 atom stereocenters. The van der Waals surface area contributed by atoms with Crippen LogP contribution in [0.15, 0.2) is 29.4 Å². The van der Waals surface area contributed by atoms with Crippen LogP contribution in [-0.2, 0) is 4.79 Å². The Morgan fingerprint density at radius 1 is 1.21 bits per heavy atom. The Morgan fingerprint density at radius 2 is 1.93 bits per heavy atom. The Morgan fingerprint density at radius 3 is 2.61 bits per heavy atom. The lowest BCUT2D eigenvalue weighted by atomic mass is 9.95. The minimum atomic E-state index is -4.74. The number of hydrogen-bond acceptors (Lipinski definition) is 6. The van der Waals surface area contributed by atoms with Gasteiger partial charge in [0.1, 0.15) is 5.75 Å². The zero-order chi connectivity index (χ0) is 20.0. The summed E-state index contributed by atoms with van der Waals surface area (Å²) < 4.78 is 42.0. The number of ether oxygens (including phenoxy) is 1. The molecule has 1 fully saturated rings. The lowest BCUT2D eigenvalue weighted by Crippen LogP contribution is -2.36. The number of amides is 1. The van der Waals surface area contributed by atoms with Crippen molar-refractivity contribution in [2.45, 2.75) is 56.1 Å². The first kappa shape index (κ1) is 20.4. The number of nitrogens with one attached hydrogen (secondary N) is 1. The summed E-state index contributed by atoms with van der Waals surface area (Å²) in [6, 6.07) is 5.51. The Hall–Kier alpha value is -2.30. The van der Waals surface area contributed by atoms with Crippen LogP contribution in [-0.4, -0.2) is 44.3 Å². The van der Waals surface area contributed by atoms with Crippen molar-refractivity contribution in [1.82, 2.24) is 25.5 Å². The van der Waals surface area contributed by atoms with E-state index in [9.17, 15) is 18.0 Å². The molecule has 0 radical (unpaired) electrons. The summed E-state index contributed by atoms with van der Waals surface area (Å²) in [6.45, 7) is 0. The molecule has 2 aromatic rings. The van der Waals surface area contributed by atoms with Crippen LogP contribution in [0.2, 0.25) is 0 Å². The topological polar surface area (TPSA) is 81.9 Å². The van der Waals surface area contributed by atoms with Crippen LogP contribution >= 0.6 is 11.8 Å². The Labute approximate surface area is 164 Å². The number of rotatable bonds is 7. The highest BCUT2D eigenvalue weighted by molar-refractivity contribution is 7.99. The van der Waals surface area contributed by atoms with Gasteiger partial charge in [0.25, 0.3) is 0 Å². The lowest BCUT2D eigenvalue weighted by Gasteiger charge is -2.22. The van der Waals surface area contributed by atoms with Crippen LogP contribution in [0.25, 0.3) is 5.69 Å². The fraction of sp³-hybridized carbons (Fsp3) is 0.529. The van der Waals surface area contributed by atoms with Crippen molar-refractivity contribution in [3.8, 4) is 11.4 Å². The molecular formula is C17H20F3N5O2S. The van der Waals surface area contributed by atoms with E-state index in [0.29, 0.717) is 23.0 Å². The van der Waals surface area contributed by atoms with Crippen molar-refractivity contribution in [2.24, 2.45) is 0 Å². The van der Waals surface area contributed by atoms with Gasteiger partial charge in [0, 0.05) is 18.2 Å². The zero-order valence-electron chi connectivity index (χ0n) is 15.0. The number of hydrogen-bond donors (Lipinski definition) is 1. The molecule has 1 N–H and O–H groups in total. The van der Waals surface area contributed by atoms with Gasteiger partial charge in [-0.05, 0) is 47.5 Å². The van der Waals surface area contributed by atoms with Crippen molar-refractivity contribution < 1.29 is 22.7 Å². The van der Waals surface area contributed by atoms with E-state index < -0.39 is 6.36 Å². The van der Waals surface area contributed by atoms with E-state index in [1.807, 2.05) is 0 Å². The van der Waals surface area contributed by atoms with Crippen LogP contribution in [0.3, 0.4) is 0 Å². The van der Waals surface area contributed by atoms with Gasteiger partial charge in [-0.2, -0.15) is 4.68 Å². The normalized spacial score (nSPS) is 15.4. The van der Waals surface area contributed by atoms with E-state index >= 15 is 0 Å². The first-order valence-corrected chi connectivity index (χ1v) is 9.96. The van der Waals surface area contributed by atoms with E-state index in [4.69, 9.17) is 0 Å². The summed E-state index contributed by atoms with van der Waals surface area (Å²) in [6.07, 6.45) is 1.20. The van der Waals surface area contributed by atoms with Gasteiger partial charge in [-0.3, -0.25) is 4.79 Å². The number of halogens is 3. The number of nitrogens with zero attached hydrogens (tertiary/aromatic N) is 4. The van der Waals surface area contributed by atoms with E-state index in [0.717, 1.165) is 25.7 Å². The summed E-state index contributed by atoms with van der Waals surface area (Å²) in [5, 5.41) is 14.9. The SMILES string of the molecule is O=C(CCSc1nnnn1-c1ccc(OC(F)(F)F)cc1)NC1CCCCC1. The Balaban J connectivity index is 1.51. The van der Waals surface area contributed by atoms with Crippen LogP contribution in [0.5, 0.6) is 5.75 Å². The minimum Gasteiger partial charge on any atom is -0.406 e. The molecule has 1 amide bonds. The average molecular weight is 415 g/mol. The Kier molecular flexibility index (Phi) is 6.76. The van der Waals surface area contributed by atoms with Crippen molar-refractivity contribution in [3.63, 3.8) is 0 Å². The predicted molar refractivity (Wildman–Crippen MR) is 96.2 cm³/mol. The summed E-state index contributed by atoms with van der Waals surface area (Å²) in [7, 11) is 0. The molecule has 0 saturated heterocycles. The van der Waals surface area contributed by atoms with Crippen molar-refractivity contribution in [1.29, 1.82) is 0 Å². The highest BCUT2D eigenvalue weighted by Gasteiger charge is 2.31. The second-order valence-electron chi connectivity index (χ2n) is 6.42. The number of carbonyl (C=O) groups excluding carboxylic acids is 1. The number of thioether (sulfide) groups is 1. The molecular weight excluding hydrogens is 395 g/mol. The van der Waals surface area contributed by atoms with Gasteiger partial charge in [0.2, 0.25) is 11.1 Å². The standard InChI is InChI=1S/C17H20F3N5O2S/c18-17(19,20)27-14-8-6-13(7-9-14)25-16(22-23-24-25)28-11-10-15(26)21-12-4-2-1-3-5-12/h6-9,12H,1-5,10-11H2,(H,21,26). The van der Waals surface area contributed by atoms with Gasteiger partial charge >= 0.3 is 6.36 Å². The smallest absolute Gasteiger partial charge is 0.406 e. The van der Waals surface area contributed by atoms with Crippen LogP contribution < -0.4 is 10.1 Å². The molecule has 1 aromatic heterocycles. The summed E-state index contributed by atoms with van der Waals surface area (Å²) in [4.78, 5) is 12.1.